The Hall–Kier alpha value is -1.33. The number of hydrogen-bond acceptors (Lipinski definition) is 4. The second-order valence-corrected chi connectivity index (χ2v) is 5.84. The van der Waals surface area contributed by atoms with Crippen molar-refractivity contribution in [3.8, 4) is 0 Å². The van der Waals surface area contributed by atoms with E-state index in [1.165, 1.54) is 32.4 Å². The number of hydrazine groups is 1. The molecule has 1 aromatic rings. The number of hydrogen-bond donors (Lipinski definition) is 2. The van der Waals surface area contributed by atoms with E-state index in [4.69, 9.17) is 10.3 Å². The molecule has 1 saturated heterocycles. The molecule has 1 aliphatic heterocycles. The number of nitrogens with two attached hydrogens (primary N) is 1. The van der Waals surface area contributed by atoms with Gasteiger partial charge in [-0.25, -0.2) is 5.84 Å². The number of aryl methyl sites for hydroxylation is 1. The van der Waals surface area contributed by atoms with Gasteiger partial charge in [-0.2, -0.15) is 0 Å². The van der Waals surface area contributed by atoms with Crippen molar-refractivity contribution in [2.24, 2.45) is 17.7 Å². The lowest BCUT2D eigenvalue weighted by Gasteiger charge is -2.14. The van der Waals surface area contributed by atoms with Gasteiger partial charge in [0.1, 0.15) is 5.76 Å². The van der Waals surface area contributed by atoms with Gasteiger partial charge in [0.2, 0.25) is 0 Å². The van der Waals surface area contributed by atoms with Gasteiger partial charge >= 0.3 is 5.91 Å². The van der Waals surface area contributed by atoms with E-state index in [9.17, 15) is 4.79 Å². The van der Waals surface area contributed by atoms with E-state index in [-0.39, 0.29) is 5.91 Å². The van der Waals surface area contributed by atoms with Crippen LogP contribution in [-0.4, -0.2) is 23.9 Å². The fraction of sp³-hybridized carbons (Fsp3) is 0.643. The van der Waals surface area contributed by atoms with Crippen molar-refractivity contribution in [3.63, 3.8) is 0 Å². The van der Waals surface area contributed by atoms with E-state index in [1.807, 2.05) is 13.0 Å². The number of carbonyl (C=O) groups excluding carboxylic acids is 1. The van der Waals surface area contributed by atoms with Crippen LogP contribution in [0.3, 0.4) is 0 Å². The molecule has 2 unspecified atom stereocenters. The lowest BCUT2D eigenvalue weighted by atomic mass is 10.0. The fourth-order valence-electron chi connectivity index (χ4n) is 3.60. The Morgan fingerprint density at radius 3 is 2.79 bits per heavy atom. The number of rotatable bonds is 3. The number of carbonyl (C=O) groups is 1. The van der Waals surface area contributed by atoms with Gasteiger partial charge in [-0.1, -0.05) is 6.42 Å². The maximum Gasteiger partial charge on any atom is 0.301 e. The second-order valence-electron chi connectivity index (χ2n) is 5.84. The molecule has 0 bridgehead atoms. The summed E-state index contributed by atoms with van der Waals surface area (Å²) in [5.74, 6) is 7.72. The van der Waals surface area contributed by atoms with Gasteiger partial charge < -0.3 is 4.42 Å². The van der Waals surface area contributed by atoms with E-state index in [1.54, 1.807) is 0 Å². The maximum atomic E-state index is 11.5. The molecule has 104 valence electrons. The average molecular weight is 263 g/mol. The zero-order valence-corrected chi connectivity index (χ0v) is 11.3. The largest absolute Gasteiger partial charge is 0.454 e. The summed E-state index contributed by atoms with van der Waals surface area (Å²) in [5, 5.41) is 0. The summed E-state index contributed by atoms with van der Waals surface area (Å²) in [6.07, 6.45) is 4.14. The quantitative estimate of drug-likeness (QED) is 0.491. The van der Waals surface area contributed by atoms with Crippen LogP contribution in [0.1, 0.15) is 41.1 Å². The van der Waals surface area contributed by atoms with Crippen LogP contribution < -0.4 is 11.3 Å². The molecule has 2 heterocycles. The second kappa shape index (κ2) is 4.98. The van der Waals surface area contributed by atoms with Crippen molar-refractivity contribution in [2.45, 2.75) is 32.7 Å². The third kappa shape index (κ3) is 2.40. The van der Waals surface area contributed by atoms with Gasteiger partial charge in [-0.3, -0.25) is 15.1 Å². The first kappa shape index (κ1) is 12.7. The Balaban J connectivity index is 1.66. The van der Waals surface area contributed by atoms with Crippen LogP contribution >= 0.6 is 0 Å². The minimum atomic E-state index is -0.359. The minimum Gasteiger partial charge on any atom is -0.454 e. The van der Waals surface area contributed by atoms with Crippen LogP contribution in [0.2, 0.25) is 0 Å². The molecule has 1 aliphatic carbocycles. The van der Waals surface area contributed by atoms with Crippen LogP contribution in [0, 0.1) is 18.8 Å². The Bertz CT molecular complexity index is 471. The molecule has 1 amide bonds. The summed E-state index contributed by atoms with van der Waals surface area (Å²) in [7, 11) is 0. The summed E-state index contributed by atoms with van der Waals surface area (Å²) in [6, 6.07) is 1.94. The standard InChI is InChI=1S/C14H21N3O2/c1-9-5-12(19-13(9)14(18)16-15)8-17-6-10-3-2-4-11(10)7-17/h5,10-11H,2-4,6-8,15H2,1H3,(H,16,18). The molecule has 5 nitrogen and oxygen atoms in total. The third-order valence-electron chi connectivity index (χ3n) is 4.49. The predicted octanol–water partition coefficient (Wildman–Crippen LogP) is 1.42. The molecule has 2 aliphatic rings. The van der Waals surface area contributed by atoms with Gasteiger partial charge in [-0.15, -0.1) is 0 Å². The fourth-order valence-corrected chi connectivity index (χ4v) is 3.60. The van der Waals surface area contributed by atoms with Crippen molar-refractivity contribution in [2.75, 3.05) is 13.1 Å². The molecule has 2 fully saturated rings. The van der Waals surface area contributed by atoms with E-state index in [0.717, 1.165) is 29.7 Å². The highest BCUT2D eigenvalue weighted by molar-refractivity contribution is 5.92. The SMILES string of the molecule is Cc1cc(CN2CC3CCCC3C2)oc1C(=O)NN. The van der Waals surface area contributed by atoms with E-state index in [0.29, 0.717) is 5.76 Å². The molecule has 0 radical (unpaired) electrons. The predicted molar refractivity (Wildman–Crippen MR) is 71.2 cm³/mol. The average Bonchev–Trinajstić information content (AvgIpc) is 3.03. The molecular weight excluding hydrogens is 242 g/mol. The first-order valence-corrected chi connectivity index (χ1v) is 7.00. The number of fused-ring (bicyclic) bond motifs is 1. The number of nitrogens with one attached hydrogen (secondary N) is 1. The number of nitrogen functional groups attached to an aromatic ring is 1. The van der Waals surface area contributed by atoms with Gasteiger partial charge in [0, 0.05) is 18.7 Å². The number of amides is 1. The van der Waals surface area contributed by atoms with Gasteiger partial charge in [0.15, 0.2) is 5.76 Å². The number of furan rings is 1. The topological polar surface area (TPSA) is 71.5 Å². The number of likely N-dealkylation sites (tertiary alicyclic amines) is 1. The Labute approximate surface area is 113 Å². The van der Waals surface area contributed by atoms with Crippen LogP contribution in [0.25, 0.3) is 0 Å². The Kier molecular flexibility index (Phi) is 3.33. The van der Waals surface area contributed by atoms with Crippen molar-refractivity contribution < 1.29 is 9.21 Å². The van der Waals surface area contributed by atoms with Gasteiger partial charge in [0.05, 0.1) is 6.54 Å². The first-order valence-electron chi connectivity index (χ1n) is 7.00. The first-order chi connectivity index (χ1) is 9.17. The Morgan fingerprint density at radius 1 is 1.47 bits per heavy atom. The Morgan fingerprint density at radius 2 is 2.16 bits per heavy atom. The monoisotopic (exact) mass is 263 g/mol. The summed E-state index contributed by atoms with van der Waals surface area (Å²) >= 11 is 0. The van der Waals surface area contributed by atoms with Crippen molar-refractivity contribution in [1.29, 1.82) is 0 Å². The highest BCUT2D eigenvalue weighted by atomic mass is 16.4. The van der Waals surface area contributed by atoms with Gasteiger partial charge in [0.25, 0.3) is 0 Å². The van der Waals surface area contributed by atoms with E-state index in [2.05, 4.69) is 10.3 Å². The lowest BCUT2D eigenvalue weighted by molar-refractivity contribution is 0.0921. The zero-order valence-electron chi connectivity index (χ0n) is 11.3. The highest BCUT2D eigenvalue weighted by Crippen LogP contribution is 2.38. The summed E-state index contributed by atoms with van der Waals surface area (Å²) in [5.41, 5.74) is 2.96. The summed E-state index contributed by atoms with van der Waals surface area (Å²) in [6.45, 7) is 5.01. The van der Waals surface area contributed by atoms with E-state index >= 15 is 0 Å². The molecule has 5 heteroatoms. The van der Waals surface area contributed by atoms with Crippen LogP contribution in [0.15, 0.2) is 10.5 Å². The lowest BCUT2D eigenvalue weighted by Crippen LogP contribution is -2.30. The molecule has 3 rings (SSSR count). The normalized spacial score (nSPS) is 26.6. The zero-order chi connectivity index (χ0) is 13.4. The maximum absolute atomic E-state index is 11.5. The van der Waals surface area contributed by atoms with Crippen LogP contribution in [-0.2, 0) is 6.54 Å². The molecular formula is C14H21N3O2. The molecule has 0 aromatic carbocycles. The number of nitrogens with zero attached hydrogens (tertiary/aromatic N) is 1. The van der Waals surface area contributed by atoms with Crippen molar-refractivity contribution in [1.82, 2.24) is 10.3 Å². The highest BCUT2D eigenvalue weighted by Gasteiger charge is 2.36. The van der Waals surface area contributed by atoms with Crippen LogP contribution in [0.5, 0.6) is 0 Å². The van der Waals surface area contributed by atoms with Gasteiger partial charge in [-0.05, 0) is 37.7 Å². The summed E-state index contributed by atoms with van der Waals surface area (Å²) < 4.78 is 5.62. The molecule has 0 spiro atoms. The molecule has 1 aromatic heterocycles. The van der Waals surface area contributed by atoms with E-state index < -0.39 is 0 Å². The molecule has 19 heavy (non-hydrogen) atoms. The molecule has 1 saturated carbocycles. The smallest absolute Gasteiger partial charge is 0.301 e. The van der Waals surface area contributed by atoms with Crippen molar-refractivity contribution in [3.05, 3.63) is 23.2 Å². The summed E-state index contributed by atoms with van der Waals surface area (Å²) in [4.78, 5) is 13.9. The van der Waals surface area contributed by atoms with Crippen molar-refractivity contribution >= 4 is 5.91 Å². The molecule has 2 atom stereocenters. The van der Waals surface area contributed by atoms with Crippen LogP contribution in [0.4, 0.5) is 0 Å². The minimum absolute atomic E-state index is 0.330. The molecule has 3 N–H and O–H groups in total. The third-order valence-corrected chi connectivity index (χ3v) is 4.49.